The molecule has 0 saturated heterocycles. The fraction of sp³-hybridized carbons (Fsp3) is 0.222. The Bertz CT molecular complexity index is 386. The number of benzene rings is 1. The zero-order valence-corrected chi connectivity index (χ0v) is 7.85. The van der Waals surface area contributed by atoms with Crippen LogP contribution < -0.4 is 0 Å². The lowest BCUT2D eigenvalue weighted by Crippen LogP contribution is -2.02. The molecule has 5 heteroatoms. The Labute approximate surface area is 80.5 Å². The highest BCUT2D eigenvalue weighted by Crippen LogP contribution is 2.17. The van der Waals surface area contributed by atoms with Gasteiger partial charge in [0.1, 0.15) is 0 Å². The predicted molar refractivity (Wildman–Crippen MR) is 48.4 cm³/mol. The summed E-state index contributed by atoms with van der Waals surface area (Å²) in [6.45, 7) is 1.71. The number of carbonyl (C=O) groups is 1. The second kappa shape index (κ2) is 3.87. The maximum atomic E-state index is 11.0. The minimum atomic E-state index is -1.07. The number of hydrogen-bond donors (Lipinski definition) is 1. The van der Waals surface area contributed by atoms with Gasteiger partial charge in [0.05, 0.1) is 10.5 Å². The van der Waals surface area contributed by atoms with E-state index in [2.05, 4.69) is 4.84 Å². The molecule has 0 radical (unpaired) electrons. The Morgan fingerprint density at radius 3 is 2.57 bits per heavy atom. The van der Waals surface area contributed by atoms with Gasteiger partial charge in [-0.05, 0) is 18.6 Å². The standard InChI is InChI=1S/C9H9NO4/c1-6-3-7(9(11)12)5-8(4-6)10(13)14-2/h3-5H,1-2H3/p+1. The summed E-state index contributed by atoms with van der Waals surface area (Å²) < 4.78 is 0. The van der Waals surface area contributed by atoms with Crippen molar-refractivity contribution in [2.24, 2.45) is 0 Å². The van der Waals surface area contributed by atoms with E-state index in [0.717, 1.165) is 0 Å². The second-order valence-electron chi connectivity index (χ2n) is 2.80. The van der Waals surface area contributed by atoms with Gasteiger partial charge in [0, 0.05) is 12.1 Å². The molecule has 0 amide bonds. The van der Waals surface area contributed by atoms with Crippen LogP contribution in [0.2, 0.25) is 0 Å². The summed E-state index contributed by atoms with van der Waals surface area (Å²) >= 11 is 0. The van der Waals surface area contributed by atoms with Crippen molar-refractivity contribution >= 4 is 11.7 Å². The van der Waals surface area contributed by atoms with Crippen LogP contribution in [0.4, 0.5) is 5.69 Å². The summed E-state index contributed by atoms with van der Waals surface area (Å²) in [7, 11) is 1.22. The Morgan fingerprint density at radius 1 is 1.43 bits per heavy atom. The molecule has 0 aromatic heterocycles. The van der Waals surface area contributed by atoms with Gasteiger partial charge >= 0.3 is 11.7 Å². The van der Waals surface area contributed by atoms with E-state index in [1.807, 2.05) is 0 Å². The lowest BCUT2D eigenvalue weighted by Gasteiger charge is -1.96. The lowest BCUT2D eigenvalue weighted by atomic mass is 10.1. The van der Waals surface area contributed by atoms with Gasteiger partial charge in [0.15, 0.2) is 7.11 Å². The Morgan fingerprint density at radius 2 is 2.07 bits per heavy atom. The Balaban J connectivity index is 3.20. The summed E-state index contributed by atoms with van der Waals surface area (Å²) in [5.41, 5.74) is 0.931. The number of nitrogens with zero attached hydrogens (tertiary/aromatic N) is 1. The van der Waals surface area contributed by atoms with E-state index < -0.39 is 5.97 Å². The van der Waals surface area contributed by atoms with Crippen LogP contribution in [0.15, 0.2) is 18.2 Å². The first-order chi connectivity index (χ1) is 6.54. The Kier molecular flexibility index (Phi) is 2.81. The van der Waals surface area contributed by atoms with E-state index in [4.69, 9.17) is 5.11 Å². The molecule has 1 N–H and O–H groups in total. The maximum absolute atomic E-state index is 11.0. The van der Waals surface area contributed by atoms with Crippen LogP contribution in [0.25, 0.3) is 0 Å². The van der Waals surface area contributed by atoms with Crippen LogP contribution in [0, 0.1) is 11.8 Å². The smallest absolute Gasteiger partial charge is 0.335 e. The quantitative estimate of drug-likeness (QED) is 0.746. The van der Waals surface area contributed by atoms with Gasteiger partial charge in [0.2, 0.25) is 0 Å². The molecule has 1 rings (SSSR count). The monoisotopic (exact) mass is 196 g/mol. The number of rotatable bonds is 3. The van der Waals surface area contributed by atoms with E-state index in [1.54, 1.807) is 13.0 Å². The van der Waals surface area contributed by atoms with Crippen molar-refractivity contribution in [3.63, 3.8) is 0 Å². The molecule has 0 fully saturated rings. The van der Waals surface area contributed by atoms with Gasteiger partial charge in [-0.2, -0.15) is 0 Å². The molecule has 0 atom stereocenters. The molecule has 0 bridgehead atoms. The van der Waals surface area contributed by atoms with Crippen LogP contribution >= 0.6 is 0 Å². The van der Waals surface area contributed by atoms with Gasteiger partial charge in [-0.3, -0.25) is 0 Å². The van der Waals surface area contributed by atoms with Crippen LogP contribution in [0.3, 0.4) is 0 Å². The molecule has 0 aliphatic carbocycles. The molecular weight excluding hydrogens is 186 g/mol. The van der Waals surface area contributed by atoms with Gasteiger partial charge < -0.3 is 5.11 Å². The average molecular weight is 196 g/mol. The number of hydrogen-bond acceptors (Lipinski definition) is 3. The van der Waals surface area contributed by atoms with Crippen molar-refractivity contribution in [1.29, 1.82) is 0 Å². The highest BCUT2D eigenvalue weighted by Gasteiger charge is 2.17. The second-order valence-corrected chi connectivity index (χ2v) is 2.80. The highest BCUT2D eigenvalue weighted by atomic mass is 16.8. The normalized spacial score (nSPS) is 9.57. The van der Waals surface area contributed by atoms with E-state index >= 15 is 0 Å². The summed E-state index contributed by atoms with van der Waals surface area (Å²) in [4.78, 5) is 26.4. The van der Waals surface area contributed by atoms with E-state index in [0.29, 0.717) is 5.56 Å². The van der Waals surface area contributed by atoms with E-state index in [1.165, 1.54) is 19.2 Å². The third kappa shape index (κ3) is 2.07. The van der Waals surface area contributed by atoms with Crippen molar-refractivity contribution in [2.45, 2.75) is 6.92 Å². The summed E-state index contributed by atoms with van der Waals surface area (Å²) in [6.07, 6.45) is 0. The van der Waals surface area contributed by atoms with E-state index in [9.17, 15) is 9.70 Å². The number of carboxylic acid groups (broad SMARTS) is 1. The van der Waals surface area contributed by atoms with Crippen LogP contribution in [0.5, 0.6) is 0 Å². The van der Waals surface area contributed by atoms with Crippen molar-refractivity contribution in [3.8, 4) is 0 Å². The molecule has 5 nitrogen and oxygen atoms in total. The highest BCUT2D eigenvalue weighted by molar-refractivity contribution is 5.88. The fourth-order valence-corrected chi connectivity index (χ4v) is 1.10. The first kappa shape index (κ1) is 10.2. The first-order valence-electron chi connectivity index (χ1n) is 3.91. The average Bonchev–Trinajstić information content (AvgIpc) is 2.15. The molecule has 14 heavy (non-hydrogen) atoms. The van der Waals surface area contributed by atoms with Crippen molar-refractivity contribution in [1.82, 2.24) is 0 Å². The van der Waals surface area contributed by atoms with Gasteiger partial charge in [-0.1, -0.05) is 0 Å². The summed E-state index contributed by atoms with van der Waals surface area (Å²) in [5, 5.41) is 8.73. The van der Waals surface area contributed by atoms with Crippen molar-refractivity contribution < 1.29 is 19.7 Å². The molecule has 0 aliphatic rings. The van der Waals surface area contributed by atoms with E-state index in [-0.39, 0.29) is 16.2 Å². The molecule has 0 heterocycles. The first-order valence-corrected chi connectivity index (χ1v) is 3.91. The zero-order chi connectivity index (χ0) is 10.7. The molecular formula is C9H10NO4+. The summed E-state index contributed by atoms with van der Waals surface area (Å²) in [5.74, 6) is -1.07. The SMILES string of the molecule is CO[N+](=O)c1cc(C)cc(C(=O)O)c1. The molecule has 0 spiro atoms. The maximum Gasteiger partial charge on any atom is 0.335 e. The van der Waals surface area contributed by atoms with Crippen LogP contribution in [0.1, 0.15) is 15.9 Å². The summed E-state index contributed by atoms with van der Waals surface area (Å²) in [6, 6.07) is 4.28. The molecule has 0 aliphatic heterocycles. The number of aromatic carboxylic acids is 1. The zero-order valence-electron chi connectivity index (χ0n) is 7.85. The van der Waals surface area contributed by atoms with Crippen LogP contribution in [-0.2, 0) is 4.84 Å². The lowest BCUT2D eigenvalue weighted by molar-refractivity contribution is -0.736. The topological polar surface area (TPSA) is 66.6 Å². The van der Waals surface area contributed by atoms with Gasteiger partial charge in [-0.15, -0.1) is 0 Å². The van der Waals surface area contributed by atoms with Crippen molar-refractivity contribution in [2.75, 3.05) is 7.11 Å². The molecule has 74 valence electrons. The minimum absolute atomic E-state index is 0.0675. The van der Waals surface area contributed by atoms with Gasteiger partial charge in [0.25, 0.3) is 4.92 Å². The fourth-order valence-electron chi connectivity index (χ4n) is 1.10. The van der Waals surface area contributed by atoms with Gasteiger partial charge in [-0.25, -0.2) is 9.63 Å². The predicted octanol–water partition coefficient (Wildman–Crippen LogP) is 1.67. The third-order valence-electron chi connectivity index (χ3n) is 1.69. The molecule has 1 aromatic rings. The molecule has 1 aromatic carbocycles. The molecule has 0 unspecified atom stereocenters. The van der Waals surface area contributed by atoms with Crippen molar-refractivity contribution in [3.05, 3.63) is 34.2 Å². The molecule has 0 saturated carbocycles. The largest absolute Gasteiger partial charge is 0.478 e. The third-order valence-corrected chi connectivity index (χ3v) is 1.69. The minimum Gasteiger partial charge on any atom is -0.478 e. The number of carboxylic acids is 1. The van der Waals surface area contributed by atoms with Crippen LogP contribution in [-0.4, -0.2) is 23.1 Å². The number of aryl methyl sites for hydroxylation is 1. The Hall–Kier alpha value is -1.91.